The van der Waals surface area contributed by atoms with Gasteiger partial charge >= 0.3 is 11.8 Å². The number of nitrogens with zero attached hydrogens (tertiary/aromatic N) is 2. The van der Waals surface area contributed by atoms with Crippen molar-refractivity contribution in [3.8, 4) is 5.75 Å². The summed E-state index contributed by atoms with van der Waals surface area (Å²) >= 11 is 0. The molecule has 0 bridgehead atoms. The summed E-state index contributed by atoms with van der Waals surface area (Å²) in [5.74, 6) is -0.973. The van der Waals surface area contributed by atoms with Gasteiger partial charge in [0.05, 0.1) is 11.5 Å². The lowest BCUT2D eigenvalue weighted by atomic mass is 10.0. The number of carbonyl (C=O) groups excluding carboxylic acids is 2. The maximum Gasteiger partial charge on any atom is 0.409 e. The number of phenolic OH excluding ortho intramolecular Hbond substituents is 1. The highest BCUT2D eigenvalue weighted by atomic mass is 16.6. The highest BCUT2D eigenvalue weighted by molar-refractivity contribution is 5.95. The molecule has 0 radical (unpaired) electrons. The molecule has 1 heterocycles. The normalized spacial score (nSPS) is 15.0. The molecule has 0 saturated carbocycles. The first kappa shape index (κ1) is 17.5. The Balaban J connectivity index is 1.91. The van der Waals surface area contributed by atoms with E-state index in [0.717, 1.165) is 12.1 Å². The fraction of sp³-hybridized carbons (Fsp3) is 0.467. The zero-order valence-corrected chi connectivity index (χ0v) is 13.2. The van der Waals surface area contributed by atoms with Gasteiger partial charge < -0.3 is 20.1 Å². The molecule has 2 rings (SSSR count). The van der Waals surface area contributed by atoms with E-state index in [2.05, 4.69) is 5.32 Å². The highest BCUT2D eigenvalue weighted by Gasteiger charge is 2.25. The molecular weight excluding hydrogens is 318 g/mol. The van der Waals surface area contributed by atoms with Crippen LogP contribution in [-0.4, -0.2) is 52.7 Å². The predicted octanol–water partition coefficient (Wildman–Crippen LogP) is 1.65. The zero-order chi connectivity index (χ0) is 17.7. The number of ether oxygens (including phenoxy) is 1. The molecule has 1 fully saturated rings. The topological polar surface area (TPSA) is 122 Å². The molecule has 0 unspecified atom stereocenters. The van der Waals surface area contributed by atoms with Gasteiger partial charge in [0.1, 0.15) is 0 Å². The van der Waals surface area contributed by atoms with Crippen LogP contribution in [-0.2, 0) is 4.74 Å². The predicted molar refractivity (Wildman–Crippen MR) is 83.8 cm³/mol. The minimum atomic E-state index is -0.720. The number of rotatable bonds is 4. The van der Waals surface area contributed by atoms with Crippen LogP contribution in [0.2, 0.25) is 0 Å². The van der Waals surface area contributed by atoms with E-state index in [1.165, 1.54) is 6.07 Å². The van der Waals surface area contributed by atoms with Crippen LogP contribution in [0.15, 0.2) is 18.2 Å². The summed E-state index contributed by atoms with van der Waals surface area (Å²) in [5, 5.41) is 23.0. The van der Waals surface area contributed by atoms with Gasteiger partial charge in [-0.3, -0.25) is 14.9 Å². The summed E-state index contributed by atoms with van der Waals surface area (Å²) in [4.78, 5) is 35.3. The van der Waals surface area contributed by atoms with E-state index in [0.29, 0.717) is 32.5 Å². The number of nitro groups is 1. The van der Waals surface area contributed by atoms with E-state index in [9.17, 15) is 24.8 Å². The summed E-state index contributed by atoms with van der Waals surface area (Å²) in [6, 6.07) is 3.34. The van der Waals surface area contributed by atoms with Crippen molar-refractivity contribution in [3.63, 3.8) is 0 Å². The third kappa shape index (κ3) is 4.12. The molecule has 0 spiro atoms. The van der Waals surface area contributed by atoms with Crippen LogP contribution in [0.4, 0.5) is 10.5 Å². The number of piperidine rings is 1. The third-order valence-corrected chi connectivity index (χ3v) is 3.79. The lowest BCUT2D eigenvalue weighted by Gasteiger charge is -2.31. The second-order valence-corrected chi connectivity index (χ2v) is 5.39. The average molecular weight is 337 g/mol. The second-order valence-electron chi connectivity index (χ2n) is 5.39. The Kier molecular flexibility index (Phi) is 5.56. The van der Waals surface area contributed by atoms with Gasteiger partial charge in [-0.1, -0.05) is 0 Å². The van der Waals surface area contributed by atoms with Crippen LogP contribution < -0.4 is 5.32 Å². The van der Waals surface area contributed by atoms with Crippen molar-refractivity contribution >= 4 is 17.7 Å². The van der Waals surface area contributed by atoms with Crippen LogP contribution >= 0.6 is 0 Å². The Morgan fingerprint density at radius 2 is 2.08 bits per heavy atom. The Labute approximate surface area is 138 Å². The maximum absolute atomic E-state index is 12.2. The third-order valence-electron chi connectivity index (χ3n) is 3.79. The molecule has 2 N–H and O–H groups in total. The molecule has 0 atom stereocenters. The molecule has 24 heavy (non-hydrogen) atoms. The summed E-state index contributed by atoms with van der Waals surface area (Å²) in [7, 11) is 0. The molecule has 2 amide bonds. The van der Waals surface area contributed by atoms with Crippen molar-refractivity contribution in [1.29, 1.82) is 0 Å². The molecule has 1 saturated heterocycles. The molecule has 0 aliphatic carbocycles. The molecule has 9 heteroatoms. The number of phenols is 1. The number of benzene rings is 1. The number of likely N-dealkylation sites (tertiary alicyclic amines) is 1. The van der Waals surface area contributed by atoms with E-state index in [4.69, 9.17) is 4.74 Å². The van der Waals surface area contributed by atoms with Gasteiger partial charge in [-0.15, -0.1) is 0 Å². The zero-order valence-electron chi connectivity index (χ0n) is 13.2. The molecule has 1 aromatic rings. The van der Waals surface area contributed by atoms with Gasteiger partial charge in [0.25, 0.3) is 5.91 Å². The van der Waals surface area contributed by atoms with Gasteiger partial charge in [-0.25, -0.2) is 4.79 Å². The summed E-state index contributed by atoms with van der Waals surface area (Å²) in [5.41, 5.74) is -0.305. The number of hydrogen-bond acceptors (Lipinski definition) is 6. The van der Waals surface area contributed by atoms with E-state index in [1.54, 1.807) is 11.8 Å². The molecule has 130 valence electrons. The standard InChI is InChI=1S/C15H19N3O6/c1-2-24-15(21)17-7-5-11(6-8-17)16-14(20)10-3-4-12(18(22)23)13(19)9-10/h3-4,9,11,19H,2,5-8H2,1H3,(H,16,20). The smallest absolute Gasteiger partial charge is 0.409 e. The van der Waals surface area contributed by atoms with Crippen molar-refractivity contribution in [1.82, 2.24) is 10.2 Å². The van der Waals surface area contributed by atoms with Crippen LogP contribution in [0.3, 0.4) is 0 Å². The Morgan fingerprint density at radius 3 is 2.62 bits per heavy atom. The number of amides is 2. The minimum absolute atomic E-state index is 0.111. The monoisotopic (exact) mass is 337 g/mol. The van der Waals surface area contributed by atoms with Crippen LogP contribution in [0, 0.1) is 10.1 Å². The maximum atomic E-state index is 12.2. The number of aromatic hydroxyl groups is 1. The molecule has 1 aromatic carbocycles. The number of nitrogens with one attached hydrogen (secondary N) is 1. The summed E-state index contributed by atoms with van der Waals surface area (Å²) in [6.45, 7) is 3.02. The number of carbonyl (C=O) groups is 2. The second kappa shape index (κ2) is 7.62. The van der Waals surface area contributed by atoms with Crippen molar-refractivity contribution in [2.45, 2.75) is 25.8 Å². The SMILES string of the molecule is CCOC(=O)N1CCC(NC(=O)c2ccc([N+](=O)[O-])c(O)c2)CC1. The fourth-order valence-corrected chi connectivity index (χ4v) is 2.51. The van der Waals surface area contributed by atoms with E-state index >= 15 is 0 Å². The Bertz CT molecular complexity index is 640. The van der Waals surface area contributed by atoms with Gasteiger partial charge in [-0.05, 0) is 31.9 Å². The van der Waals surface area contributed by atoms with Gasteiger partial charge in [0.2, 0.25) is 0 Å². The fourth-order valence-electron chi connectivity index (χ4n) is 2.51. The van der Waals surface area contributed by atoms with E-state index in [-0.39, 0.29) is 17.7 Å². The molecule has 1 aliphatic rings. The molecule has 1 aliphatic heterocycles. The first-order chi connectivity index (χ1) is 11.4. The lowest BCUT2D eigenvalue weighted by molar-refractivity contribution is -0.385. The van der Waals surface area contributed by atoms with Crippen LogP contribution in [0.1, 0.15) is 30.1 Å². The first-order valence-corrected chi connectivity index (χ1v) is 7.62. The lowest BCUT2D eigenvalue weighted by Crippen LogP contribution is -2.46. The van der Waals surface area contributed by atoms with Gasteiger partial charge in [0, 0.05) is 30.8 Å². The highest BCUT2D eigenvalue weighted by Crippen LogP contribution is 2.26. The van der Waals surface area contributed by atoms with Crippen molar-refractivity contribution in [3.05, 3.63) is 33.9 Å². The summed E-state index contributed by atoms with van der Waals surface area (Å²) in [6.07, 6.45) is 0.815. The largest absolute Gasteiger partial charge is 0.502 e. The average Bonchev–Trinajstić information content (AvgIpc) is 2.55. The van der Waals surface area contributed by atoms with Crippen molar-refractivity contribution in [2.75, 3.05) is 19.7 Å². The number of hydrogen-bond donors (Lipinski definition) is 2. The van der Waals surface area contributed by atoms with Crippen molar-refractivity contribution < 1.29 is 24.4 Å². The molecule has 9 nitrogen and oxygen atoms in total. The van der Waals surface area contributed by atoms with E-state index in [1.807, 2.05) is 0 Å². The quantitative estimate of drug-likeness (QED) is 0.636. The first-order valence-electron chi connectivity index (χ1n) is 7.62. The molecule has 0 aromatic heterocycles. The van der Waals surface area contributed by atoms with Gasteiger partial charge in [-0.2, -0.15) is 0 Å². The summed E-state index contributed by atoms with van der Waals surface area (Å²) < 4.78 is 4.93. The van der Waals surface area contributed by atoms with Crippen LogP contribution in [0.25, 0.3) is 0 Å². The Hall–Kier alpha value is -2.84. The Morgan fingerprint density at radius 1 is 1.42 bits per heavy atom. The number of nitro benzene ring substituents is 1. The van der Waals surface area contributed by atoms with Gasteiger partial charge in [0.15, 0.2) is 5.75 Å². The van der Waals surface area contributed by atoms with Crippen molar-refractivity contribution in [2.24, 2.45) is 0 Å². The molecular formula is C15H19N3O6. The van der Waals surface area contributed by atoms with Crippen LogP contribution in [0.5, 0.6) is 5.75 Å². The van der Waals surface area contributed by atoms with E-state index < -0.39 is 22.3 Å². The minimum Gasteiger partial charge on any atom is -0.502 e.